The van der Waals surface area contributed by atoms with Crippen molar-refractivity contribution in [2.24, 2.45) is 0 Å². The van der Waals surface area contributed by atoms with Crippen LogP contribution in [0.3, 0.4) is 0 Å². The first kappa shape index (κ1) is 33.0. The highest BCUT2D eigenvalue weighted by Crippen LogP contribution is 2.23. The van der Waals surface area contributed by atoms with Crippen LogP contribution in [0.5, 0.6) is 0 Å². The zero-order chi connectivity index (χ0) is 34.2. The van der Waals surface area contributed by atoms with Gasteiger partial charge in [0.15, 0.2) is 5.78 Å². The Morgan fingerprint density at radius 1 is 0.702 bits per heavy atom. The Hall–Kier alpha value is -5.36. The zero-order valence-corrected chi connectivity index (χ0v) is 27.0. The fraction of sp³-hybridized carbons (Fsp3) is 0.314. The van der Waals surface area contributed by atoms with Crippen molar-refractivity contribution in [3.63, 3.8) is 0 Å². The van der Waals surface area contributed by atoms with Crippen molar-refractivity contribution in [3.05, 3.63) is 89.7 Å². The van der Waals surface area contributed by atoms with Gasteiger partial charge in [-0.2, -0.15) is 0 Å². The molecule has 1 aliphatic rings. The van der Waals surface area contributed by atoms with Crippen LogP contribution in [0.25, 0.3) is 23.8 Å². The normalized spacial score (nSPS) is 13.0. The fourth-order valence-electron chi connectivity index (χ4n) is 6.29. The first-order chi connectivity index (χ1) is 22.3. The third-order valence-corrected chi connectivity index (χ3v) is 8.86. The number of carboxylic acids is 3. The van der Waals surface area contributed by atoms with E-state index in [0.29, 0.717) is 38.7 Å². The molecule has 0 saturated carbocycles. The third-order valence-electron chi connectivity index (χ3n) is 8.86. The lowest BCUT2D eigenvalue weighted by Gasteiger charge is -2.14. The lowest BCUT2D eigenvalue weighted by Crippen LogP contribution is -2.39. The summed E-state index contributed by atoms with van der Waals surface area (Å²) in [5.74, 6) is -3.34. The van der Waals surface area contributed by atoms with Gasteiger partial charge in [-0.25, -0.2) is 0 Å². The number of ketones is 1. The lowest BCUT2D eigenvalue weighted by molar-refractivity contribution is -0.139. The monoisotopic (exact) mass is 641 g/mol. The second-order valence-corrected chi connectivity index (χ2v) is 12.1. The minimum atomic E-state index is -1.11. The molecule has 12 heteroatoms. The highest BCUT2D eigenvalue weighted by atomic mass is 16.4. The second-order valence-electron chi connectivity index (χ2n) is 12.1. The number of H-pyrrole nitrogens is 4. The van der Waals surface area contributed by atoms with Gasteiger partial charge in [0, 0.05) is 46.0 Å². The smallest absolute Gasteiger partial charge is 0.305 e. The van der Waals surface area contributed by atoms with Gasteiger partial charge >= 0.3 is 17.9 Å². The highest BCUT2D eigenvalue weighted by molar-refractivity contribution is 6.23. The van der Waals surface area contributed by atoms with Crippen molar-refractivity contribution in [2.45, 2.75) is 65.8 Å². The number of carbonyl (C=O) groups excluding carboxylic acids is 1. The molecule has 0 spiro atoms. The SMILES string of the molecule is CN[C@@H](CC(=O)O)C(=O)C1=c2[nH]c(cc2C)=Cc2[nH]c(c(CCC(=O)O)c2C)C=c2[nH]c(c(C)c2CCC(=O)O)=Cc2[nH]c1cc2C. The molecule has 0 unspecified atom stereocenters. The molecule has 8 bridgehead atoms. The predicted octanol–water partition coefficient (Wildman–Crippen LogP) is 0.898. The molecular weight excluding hydrogens is 602 g/mol. The van der Waals surface area contributed by atoms with Crippen molar-refractivity contribution >= 4 is 47.5 Å². The Labute approximate surface area is 269 Å². The maximum atomic E-state index is 14.1. The molecule has 0 fully saturated rings. The number of aryl methyl sites for hydroxylation is 2. The molecule has 4 aromatic rings. The van der Waals surface area contributed by atoms with Crippen LogP contribution in [0.1, 0.15) is 75.4 Å². The zero-order valence-electron chi connectivity index (χ0n) is 27.0. The number of fused-ring (bicyclic) bond motifs is 8. The summed E-state index contributed by atoms with van der Waals surface area (Å²) in [5.41, 5.74) is 7.99. The number of rotatable bonds is 11. The third kappa shape index (κ3) is 6.77. The molecule has 1 atom stereocenters. The van der Waals surface area contributed by atoms with E-state index in [2.05, 4.69) is 25.3 Å². The summed E-state index contributed by atoms with van der Waals surface area (Å²) >= 11 is 0. The van der Waals surface area contributed by atoms with Gasteiger partial charge < -0.3 is 40.6 Å². The van der Waals surface area contributed by atoms with E-state index in [-0.39, 0.29) is 25.7 Å². The molecule has 0 aromatic carbocycles. The van der Waals surface area contributed by atoms with E-state index in [9.17, 15) is 34.5 Å². The molecule has 0 radical (unpaired) electrons. The minimum Gasteiger partial charge on any atom is -0.481 e. The number of aromatic nitrogens is 4. The van der Waals surface area contributed by atoms with E-state index in [0.717, 1.165) is 44.4 Å². The van der Waals surface area contributed by atoms with Crippen LogP contribution in [-0.2, 0) is 32.0 Å². The van der Waals surface area contributed by atoms with Gasteiger partial charge in [0.05, 0.1) is 29.1 Å². The van der Waals surface area contributed by atoms with E-state index in [1.807, 2.05) is 58.1 Å². The fourth-order valence-corrected chi connectivity index (χ4v) is 6.29. The molecule has 0 saturated heterocycles. The number of hydrogen-bond acceptors (Lipinski definition) is 5. The first-order valence-corrected chi connectivity index (χ1v) is 15.4. The largest absolute Gasteiger partial charge is 0.481 e. The molecular formula is C35H39N5O7. The van der Waals surface area contributed by atoms with Crippen LogP contribution in [0.4, 0.5) is 0 Å². The highest BCUT2D eigenvalue weighted by Gasteiger charge is 2.27. The topological polar surface area (TPSA) is 204 Å². The van der Waals surface area contributed by atoms with Gasteiger partial charge in [-0.15, -0.1) is 0 Å². The number of likely N-dealkylation sites (N-methyl/N-ethyl adjacent to an activating group) is 1. The molecule has 0 aliphatic carbocycles. The van der Waals surface area contributed by atoms with Crippen LogP contribution in [0, 0.1) is 27.7 Å². The van der Waals surface area contributed by atoms with Crippen molar-refractivity contribution in [1.82, 2.24) is 25.3 Å². The van der Waals surface area contributed by atoms with Crippen LogP contribution in [0.15, 0.2) is 12.1 Å². The van der Waals surface area contributed by atoms with Crippen molar-refractivity contribution in [2.75, 3.05) is 7.05 Å². The van der Waals surface area contributed by atoms with Crippen molar-refractivity contribution < 1.29 is 34.5 Å². The van der Waals surface area contributed by atoms with E-state index >= 15 is 0 Å². The molecule has 4 aromatic heterocycles. The van der Waals surface area contributed by atoms with E-state index in [1.165, 1.54) is 0 Å². The quantitative estimate of drug-likeness (QED) is 0.118. The molecule has 0 amide bonds. The second kappa shape index (κ2) is 13.2. The number of carbonyl (C=O) groups is 4. The maximum absolute atomic E-state index is 14.1. The Balaban J connectivity index is 1.89. The van der Waals surface area contributed by atoms with Crippen molar-refractivity contribution in [1.29, 1.82) is 0 Å². The average molecular weight is 642 g/mol. The Morgan fingerprint density at radius 3 is 2.00 bits per heavy atom. The number of hydrogen-bond donors (Lipinski definition) is 8. The lowest BCUT2D eigenvalue weighted by atomic mass is 9.97. The van der Waals surface area contributed by atoms with Crippen molar-refractivity contribution in [3.8, 4) is 0 Å². The molecule has 5 heterocycles. The summed E-state index contributed by atoms with van der Waals surface area (Å²) in [6.45, 7) is 7.62. The summed E-state index contributed by atoms with van der Waals surface area (Å²) in [4.78, 5) is 62.6. The molecule has 246 valence electrons. The predicted molar refractivity (Wildman–Crippen MR) is 176 cm³/mol. The standard InChI is InChI=1S/C35H39N5O7/c1-16-11-28-33(35(47)29(36-5)15-32(45)46)34-17(2)10-20(37-34)12-24-18(3)21(6-8-30(41)42)26(39-24)14-27-22(7-9-31(43)44)19(4)25(40-27)13-23(16)38-28/h10-14,29,36-40H,6-9,15H2,1-5H3,(H,41,42)(H,43,44)(H,45,46)/t29-/m0/s1. The van der Waals surface area contributed by atoms with Gasteiger partial charge in [-0.05, 0) is 111 Å². The van der Waals surface area contributed by atoms with Gasteiger partial charge in [-0.3, -0.25) is 19.2 Å². The van der Waals surface area contributed by atoms with E-state index in [4.69, 9.17) is 0 Å². The van der Waals surface area contributed by atoms with Gasteiger partial charge in [-0.1, -0.05) is 0 Å². The Morgan fingerprint density at radius 2 is 1.36 bits per heavy atom. The molecule has 47 heavy (non-hydrogen) atoms. The molecule has 8 N–H and O–H groups in total. The Bertz CT molecular complexity index is 2170. The van der Waals surface area contributed by atoms with Gasteiger partial charge in [0.1, 0.15) is 0 Å². The Kier molecular flexibility index (Phi) is 9.25. The van der Waals surface area contributed by atoms with Crippen LogP contribution >= 0.6 is 0 Å². The van der Waals surface area contributed by atoms with Crippen LogP contribution < -0.4 is 26.7 Å². The maximum Gasteiger partial charge on any atom is 0.305 e. The summed E-state index contributed by atoms with van der Waals surface area (Å²) in [6.07, 6.45) is 5.73. The number of nitrogens with one attached hydrogen (secondary N) is 5. The summed E-state index contributed by atoms with van der Waals surface area (Å²) in [6, 6.07) is 2.78. The number of carboxylic acid groups (broad SMARTS) is 3. The number of aliphatic carboxylic acids is 3. The summed E-state index contributed by atoms with van der Waals surface area (Å²) in [5, 5.41) is 34.1. The summed E-state index contributed by atoms with van der Waals surface area (Å²) < 4.78 is 0. The first-order valence-electron chi connectivity index (χ1n) is 15.4. The van der Waals surface area contributed by atoms with E-state index in [1.54, 1.807) is 7.05 Å². The minimum absolute atomic E-state index is 0.0724. The molecule has 5 rings (SSSR count). The van der Waals surface area contributed by atoms with Gasteiger partial charge in [0.2, 0.25) is 0 Å². The number of Topliss-reactive ketones (excluding diaryl/α,β-unsaturated/α-hetero) is 1. The summed E-state index contributed by atoms with van der Waals surface area (Å²) in [7, 11) is 1.56. The molecule has 12 nitrogen and oxygen atoms in total. The van der Waals surface area contributed by atoms with Crippen LogP contribution in [0.2, 0.25) is 0 Å². The molecule has 1 aliphatic heterocycles. The van der Waals surface area contributed by atoms with E-state index < -0.39 is 36.2 Å². The van der Waals surface area contributed by atoms with Gasteiger partial charge in [0.25, 0.3) is 0 Å². The van der Waals surface area contributed by atoms with Crippen LogP contribution in [-0.4, -0.2) is 72.0 Å². The average Bonchev–Trinajstić information content (AvgIpc) is 3.70. The number of aromatic amines is 4.